The molecule has 2 atom stereocenters. The van der Waals surface area contributed by atoms with Crippen molar-refractivity contribution in [1.29, 1.82) is 0 Å². The van der Waals surface area contributed by atoms with Gasteiger partial charge in [0.2, 0.25) is 0 Å². The fourth-order valence-electron chi connectivity index (χ4n) is 7.57. The first-order valence-electron chi connectivity index (χ1n) is 16.6. The van der Waals surface area contributed by atoms with Crippen LogP contribution < -0.4 is 0 Å². The summed E-state index contributed by atoms with van der Waals surface area (Å²) in [5, 5.41) is 4.55. The molecule has 0 saturated heterocycles. The van der Waals surface area contributed by atoms with E-state index >= 15 is 0 Å². The van der Waals surface area contributed by atoms with Gasteiger partial charge in [-0.2, -0.15) is 0 Å². The van der Waals surface area contributed by atoms with Gasteiger partial charge in [-0.15, -0.1) is 11.3 Å². The molecule has 232 valence electrons. The van der Waals surface area contributed by atoms with Gasteiger partial charge in [-0.25, -0.2) is 15.0 Å². The van der Waals surface area contributed by atoms with E-state index in [0.29, 0.717) is 23.4 Å². The minimum Gasteiger partial charge on any atom is -0.456 e. The monoisotopic (exact) mass is 647 g/mol. The SMILES string of the molecule is CC1c2ccccc2C=CC1c1ccc(-c2nc(-c3ccccc3)nc(-c3cccc4c3sc3ccccc34)n2)c2c1oc1ccccc12. The molecule has 1 aliphatic rings. The van der Waals surface area contributed by atoms with Crippen LogP contribution in [0.1, 0.15) is 35.4 Å². The number of aromatic nitrogens is 3. The second-order valence-corrected chi connectivity index (χ2v) is 13.8. The number of hydrogen-bond donors (Lipinski definition) is 0. The van der Waals surface area contributed by atoms with Crippen LogP contribution in [0.3, 0.4) is 0 Å². The smallest absolute Gasteiger partial charge is 0.165 e. The molecule has 0 spiro atoms. The molecule has 10 rings (SSSR count). The standard InChI is InChI=1S/C44H29N3OS/c1-26-29-15-6-5-12-27(29)22-23-30(26)32-24-25-35(39-34-17-7-9-20-37(34)48-40(32)39)43-45-42(28-13-3-2-4-14-28)46-44(47-43)36-19-11-18-33-31-16-8-10-21-38(31)49-41(33)36/h2-26,30H,1H3. The van der Waals surface area contributed by atoms with Crippen LogP contribution >= 0.6 is 11.3 Å². The summed E-state index contributed by atoms with van der Waals surface area (Å²) in [7, 11) is 0. The molecule has 0 bridgehead atoms. The number of para-hydroxylation sites is 1. The zero-order chi connectivity index (χ0) is 32.5. The van der Waals surface area contributed by atoms with Crippen molar-refractivity contribution in [1.82, 2.24) is 15.0 Å². The van der Waals surface area contributed by atoms with Gasteiger partial charge in [0, 0.05) is 59.1 Å². The van der Waals surface area contributed by atoms with Crippen molar-refractivity contribution < 1.29 is 4.42 Å². The van der Waals surface area contributed by atoms with E-state index < -0.39 is 0 Å². The molecule has 0 radical (unpaired) electrons. The quantitative estimate of drug-likeness (QED) is 0.191. The first-order valence-corrected chi connectivity index (χ1v) is 17.5. The van der Waals surface area contributed by atoms with Crippen LogP contribution in [0, 0.1) is 0 Å². The highest BCUT2D eigenvalue weighted by atomic mass is 32.1. The number of thiophene rings is 1. The Kier molecular flexibility index (Phi) is 6.36. The van der Waals surface area contributed by atoms with Crippen LogP contribution in [0.2, 0.25) is 0 Å². The van der Waals surface area contributed by atoms with E-state index in [2.05, 4.69) is 128 Å². The second-order valence-electron chi connectivity index (χ2n) is 12.8. The summed E-state index contributed by atoms with van der Waals surface area (Å²) < 4.78 is 9.17. The average Bonchev–Trinajstić information content (AvgIpc) is 3.74. The Bertz CT molecular complexity index is 2760. The topological polar surface area (TPSA) is 51.8 Å². The van der Waals surface area contributed by atoms with Gasteiger partial charge in [-0.1, -0.05) is 128 Å². The normalized spacial score (nSPS) is 15.8. The van der Waals surface area contributed by atoms with Crippen LogP contribution in [0.5, 0.6) is 0 Å². The molecule has 2 unspecified atom stereocenters. The van der Waals surface area contributed by atoms with E-state index in [9.17, 15) is 0 Å². The molecule has 0 N–H and O–H groups in total. The molecule has 3 heterocycles. The van der Waals surface area contributed by atoms with Crippen molar-refractivity contribution in [3.8, 4) is 34.2 Å². The molecular weight excluding hydrogens is 619 g/mol. The molecular formula is C44H29N3OS. The zero-order valence-electron chi connectivity index (χ0n) is 26.7. The van der Waals surface area contributed by atoms with Crippen molar-refractivity contribution in [2.75, 3.05) is 0 Å². The van der Waals surface area contributed by atoms with Crippen molar-refractivity contribution >= 4 is 59.5 Å². The molecule has 3 aromatic heterocycles. The second kappa shape index (κ2) is 11.1. The largest absolute Gasteiger partial charge is 0.456 e. The first kappa shape index (κ1) is 28.1. The third-order valence-corrected chi connectivity index (χ3v) is 11.2. The molecule has 1 aliphatic carbocycles. The predicted molar refractivity (Wildman–Crippen MR) is 203 cm³/mol. The number of fused-ring (bicyclic) bond motifs is 7. The number of rotatable bonds is 4. The number of nitrogens with zero attached hydrogens (tertiary/aromatic N) is 3. The van der Waals surface area contributed by atoms with E-state index in [1.807, 2.05) is 24.3 Å². The molecule has 9 aromatic rings. The van der Waals surface area contributed by atoms with Crippen LogP contribution in [0.4, 0.5) is 0 Å². The number of furan rings is 1. The van der Waals surface area contributed by atoms with E-state index in [-0.39, 0.29) is 5.92 Å². The van der Waals surface area contributed by atoms with Crippen molar-refractivity contribution in [3.63, 3.8) is 0 Å². The highest BCUT2D eigenvalue weighted by Gasteiger charge is 2.28. The minimum absolute atomic E-state index is 0.159. The lowest BCUT2D eigenvalue weighted by Crippen LogP contribution is -2.11. The summed E-state index contributed by atoms with van der Waals surface area (Å²) in [5.41, 5.74) is 8.42. The molecule has 5 heteroatoms. The fraction of sp³-hybridized carbons (Fsp3) is 0.0682. The van der Waals surface area contributed by atoms with Crippen LogP contribution in [0.25, 0.3) is 82.4 Å². The van der Waals surface area contributed by atoms with Gasteiger partial charge in [0.05, 0.1) is 0 Å². The Labute approximate surface area is 287 Å². The lowest BCUT2D eigenvalue weighted by atomic mass is 9.76. The molecule has 0 fully saturated rings. The molecule has 0 saturated carbocycles. The summed E-state index contributed by atoms with van der Waals surface area (Å²) in [6.07, 6.45) is 4.58. The molecule has 49 heavy (non-hydrogen) atoms. The van der Waals surface area contributed by atoms with Crippen molar-refractivity contribution in [3.05, 3.63) is 156 Å². The van der Waals surface area contributed by atoms with Gasteiger partial charge in [0.25, 0.3) is 0 Å². The Morgan fingerprint density at radius 3 is 2.18 bits per heavy atom. The van der Waals surface area contributed by atoms with E-state index in [0.717, 1.165) is 38.6 Å². The van der Waals surface area contributed by atoms with Crippen molar-refractivity contribution in [2.45, 2.75) is 18.8 Å². The van der Waals surface area contributed by atoms with E-state index in [1.54, 1.807) is 11.3 Å². The number of allylic oxidation sites excluding steroid dienone is 1. The lowest BCUT2D eigenvalue weighted by Gasteiger charge is -2.27. The summed E-state index contributed by atoms with van der Waals surface area (Å²) in [4.78, 5) is 15.6. The molecule has 0 amide bonds. The minimum atomic E-state index is 0.159. The van der Waals surface area contributed by atoms with Gasteiger partial charge < -0.3 is 4.42 Å². The maximum Gasteiger partial charge on any atom is 0.165 e. The summed E-state index contributed by atoms with van der Waals surface area (Å²) in [5.74, 6) is 2.38. The highest BCUT2D eigenvalue weighted by Crippen LogP contribution is 2.46. The first-order chi connectivity index (χ1) is 24.2. The van der Waals surface area contributed by atoms with Gasteiger partial charge in [0.15, 0.2) is 17.5 Å². The fourth-order valence-corrected chi connectivity index (χ4v) is 8.78. The Morgan fingerprint density at radius 1 is 0.571 bits per heavy atom. The summed E-state index contributed by atoms with van der Waals surface area (Å²) >= 11 is 1.78. The Morgan fingerprint density at radius 2 is 1.29 bits per heavy atom. The average molecular weight is 648 g/mol. The van der Waals surface area contributed by atoms with Gasteiger partial charge in [-0.05, 0) is 41.3 Å². The highest BCUT2D eigenvalue weighted by molar-refractivity contribution is 7.26. The van der Waals surface area contributed by atoms with Crippen LogP contribution in [-0.2, 0) is 0 Å². The van der Waals surface area contributed by atoms with Crippen LogP contribution in [0.15, 0.2) is 144 Å². The van der Waals surface area contributed by atoms with E-state index in [1.165, 1.54) is 36.9 Å². The molecule has 6 aromatic carbocycles. The van der Waals surface area contributed by atoms with Crippen molar-refractivity contribution in [2.24, 2.45) is 0 Å². The molecule has 4 nitrogen and oxygen atoms in total. The third kappa shape index (κ3) is 4.46. The van der Waals surface area contributed by atoms with Gasteiger partial charge in [0.1, 0.15) is 11.2 Å². The van der Waals surface area contributed by atoms with Crippen LogP contribution in [-0.4, -0.2) is 15.0 Å². The van der Waals surface area contributed by atoms with Gasteiger partial charge >= 0.3 is 0 Å². The number of hydrogen-bond acceptors (Lipinski definition) is 5. The lowest BCUT2D eigenvalue weighted by molar-refractivity contribution is 0.631. The number of benzene rings is 6. The summed E-state index contributed by atoms with van der Waals surface area (Å²) in [6, 6.07) is 46.6. The van der Waals surface area contributed by atoms with E-state index in [4.69, 9.17) is 19.4 Å². The summed E-state index contributed by atoms with van der Waals surface area (Å²) in [6.45, 7) is 2.31. The predicted octanol–water partition coefficient (Wildman–Crippen LogP) is 12.1. The Hall–Kier alpha value is -5.91. The maximum absolute atomic E-state index is 6.75. The third-order valence-electron chi connectivity index (χ3n) is 9.98. The molecule has 0 aliphatic heterocycles. The zero-order valence-corrected chi connectivity index (χ0v) is 27.5. The Balaban J connectivity index is 1.23. The van der Waals surface area contributed by atoms with Gasteiger partial charge in [-0.3, -0.25) is 0 Å². The maximum atomic E-state index is 6.75.